The molecule has 1 N–H and O–H groups in total. The van der Waals surface area contributed by atoms with Crippen LogP contribution in [-0.2, 0) is 11.3 Å². The highest BCUT2D eigenvalue weighted by Crippen LogP contribution is 2.19. The van der Waals surface area contributed by atoms with Gasteiger partial charge in [0.25, 0.3) is 0 Å². The molecule has 0 aromatic carbocycles. The van der Waals surface area contributed by atoms with E-state index in [0.29, 0.717) is 10.7 Å². The Morgan fingerprint density at radius 2 is 2.60 bits per heavy atom. The van der Waals surface area contributed by atoms with Gasteiger partial charge in [-0.25, -0.2) is 4.98 Å². The molecule has 2 rings (SSSR count). The Balaban J connectivity index is 1.99. The Labute approximate surface area is 99.0 Å². The van der Waals surface area contributed by atoms with Gasteiger partial charge in [0.1, 0.15) is 5.15 Å². The molecule has 1 fully saturated rings. The van der Waals surface area contributed by atoms with E-state index in [-0.39, 0.29) is 11.2 Å². The highest BCUT2D eigenvalue weighted by molar-refractivity contribution is 8.14. The van der Waals surface area contributed by atoms with Crippen molar-refractivity contribution in [2.24, 2.45) is 0 Å². The molecule has 1 unspecified atom stereocenters. The number of nitrogens with one attached hydrogen (secondary N) is 1. The maximum absolute atomic E-state index is 11.4. The third kappa shape index (κ3) is 2.93. The van der Waals surface area contributed by atoms with E-state index >= 15 is 0 Å². The van der Waals surface area contributed by atoms with Crippen molar-refractivity contribution in [2.45, 2.75) is 19.0 Å². The van der Waals surface area contributed by atoms with Gasteiger partial charge in [0.2, 0.25) is 5.12 Å². The van der Waals surface area contributed by atoms with Crippen LogP contribution in [0.2, 0.25) is 5.15 Å². The van der Waals surface area contributed by atoms with Gasteiger partial charge in [-0.2, -0.15) is 0 Å². The van der Waals surface area contributed by atoms with E-state index < -0.39 is 6.52 Å². The standard InChI is InChI=1S/C10H11ClN2OS/c11-9-2-1-7(6-13-9)5-12-8-3-4-15-10(8)14/h1-2,6,8,12H,3-5H2/t8-/m0/s1/i5D/t5?,8-. The van der Waals surface area contributed by atoms with Crippen molar-refractivity contribution in [2.75, 3.05) is 5.75 Å². The van der Waals surface area contributed by atoms with Gasteiger partial charge in [0, 0.05) is 19.8 Å². The van der Waals surface area contributed by atoms with Gasteiger partial charge < -0.3 is 5.32 Å². The minimum atomic E-state index is -0.627. The van der Waals surface area contributed by atoms with Crippen LogP contribution >= 0.6 is 23.4 Å². The number of halogens is 1. The number of aromatic nitrogens is 1. The Bertz CT molecular complexity index is 387. The van der Waals surface area contributed by atoms with Crippen molar-refractivity contribution in [3.63, 3.8) is 0 Å². The van der Waals surface area contributed by atoms with Gasteiger partial charge in [-0.3, -0.25) is 4.79 Å². The summed E-state index contributed by atoms with van der Waals surface area (Å²) in [6.45, 7) is -0.627. The average molecular weight is 244 g/mol. The lowest BCUT2D eigenvalue weighted by Gasteiger charge is -2.09. The molecule has 0 amide bonds. The second-order valence-electron chi connectivity index (χ2n) is 3.23. The molecule has 2 atom stereocenters. The topological polar surface area (TPSA) is 42.0 Å². The van der Waals surface area contributed by atoms with Gasteiger partial charge in [-0.1, -0.05) is 29.4 Å². The SMILES string of the molecule is [2H]C(N[C@H]1CCSC1=O)c1ccc(Cl)nc1. The Kier molecular flexibility index (Phi) is 3.19. The fourth-order valence-corrected chi connectivity index (χ4v) is 2.37. The Morgan fingerprint density at radius 3 is 3.20 bits per heavy atom. The molecule has 0 spiro atoms. The van der Waals surface area contributed by atoms with Crippen LogP contribution in [-0.4, -0.2) is 21.9 Å². The number of pyridine rings is 1. The zero-order valence-electron chi connectivity index (χ0n) is 8.94. The van der Waals surface area contributed by atoms with E-state index in [0.717, 1.165) is 12.2 Å². The maximum Gasteiger partial charge on any atom is 0.205 e. The summed E-state index contributed by atoms with van der Waals surface area (Å²) in [7, 11) is 0. The molecule has 5 heteroatoms. The highest BCUT2D eigenvalue weighted by atomic mass is 35.5. The normalized spacial score (nSPS) is 23.9. The van der Waals surface area contributed by atoms with Crippen molar-refractivity contribution < 1.29 is 6.17 Å². The van der Waals surface area contributed by atoms with Gasteiger partial charge >= 0.3 is 0 Å². The van der Waals surface area contributed by atoms with E-state index in [9.17, 15) is 4.79 Å². The summed E-state index contributed by atoms with van der Waals surface area (Å²) in [6, 6.07) is 3.18. The summed E-state index contributed by atoms with van der Waals surface area (Å²) in [4.78, 5) is 15.3. The van der Waals surface area contributed by atoms with Crippen molar-refractivity contribution >= 4 is 28.5 Å². The van der Waals surface area contributed by atoms with Gasteiger partial charge in [-0.15, -0.1) is 0 Å². The predicted octanol–water partition coefficient (Wildman–Crippen LogP) is 1.86. The predicted molar refractivity (Wildman–Crippen MR) is 62.0 cm³/mol. The molecule has 2 heterocycles. The lowest BCUT2D eigenvalue weighted by Crippen LogP contribution is -2.31. The minimum absolute atomic E-state index is 0.124. The van der Waals surface area contributed by atoms with E-state index in [1.807, 2.05) is 0 Å². The minimum Gasteiger partial charge on any atom is -0.303 e. The lowest BCUT2D eigenvalue weighted by molar-refractivity contribution is -0.112. The van der Waals surface area contributed by atoms with Crippen LogP contribution in [0.15, 0.2) is 18.3 Å². The molecule has 3 nitrogen and oxygen atoms in total. The molecule has 80 valence electrons. The molecule has 1 aromatic heterocycles. The van der Waals surface area contributed by atoms with E-state index in [1.54, 1.807) is 18.3 Å². The monoisotopic (exact) mass is 243 g/mol. The van der Waals surface area contributed by atoms with Crippen molar-refractivity contribution in [3.8, 4) is 0 Å². The van der Waals surface area contributed by atoms with Crippen molar-refractivity contribution in [3.05, 3.63) is 29.0 Å². The quantitative estimate of drug-likeness (QED) is 0.823. The molecular weight excluding hydrogens is 232 g/mol. The Hall–Kier alpha value is -0.580. The highest BCUT2D eigenvalue weighted by Gasteiger charge is 2.24. The number of hydrogen-bond donors (Lipinski definition) is 1. The van der Waals surface area contributed by atoms with Crippen LogP contribution in [0.3, 0.4) is 0 Å². The van der Waals surface area contributed by atoms with Gasteiger partial charge in [0.15, 0.2) is 0 Å². The summed E-state index contributed by atoms with van der Waals surface area (Å²) < 4.78 is 7.88. The Morgan fingerprint density at radius 1 is 1.73 bits per heavy atom. The van der Waals surface area contributed by atoms with Crippen LogP contribution in [0.5, 0.6) is 0 Å². The number of nitrogens with zero attached hydrogens (tertiary/aromatic N) is 1. The molecular formula is C10H11ClN2OS. The van der Waals surface area contributed by atoms with E-state index in [1.165, 1.54) is 11.8 Å². The summed E-state index contributed by atoms with van der Waals surface area (Å²) >= 11 is 6.98. The van der Waals surface area contributed by atoms with Crippen molar-refractivity contribution in [1.82, 2.24) is 10.3 Å². The second-order valence-corrected chi connectivity index (χ2v) is 4.72. The van der Waals surface area contributed by atoms with Crippen LogP contribution in [0.25, 0.3) is 0 Å². The first-order valence-electron chi connectivity index (χ1n) is 5.21. The molecule has 0 radical (unpaired) electrons. The number of rotatable bonds is 3. The zero-order chi connectivity index (χ0) is 11.5. The largest absolute Gasteiger partial charge is 0.303 e. The first-order valence-corrected chi connectivity index (χ1v) is 5.99. The molecule has 1 aliphatic rings. The molecule has 0 bridgehead atoms. The maximum atomic E-state index is 11.4. The molecule has 1 aliphatic heterocycles. The van der Waals surface area contributed by atoms with Gasteiger partial charge in [0.05, 0.1) is 6.04 Å². The summed E-state index contributed by atoms with van der Waals surface area (Å²) in [5, 5.41) is 3.51. The van der Waals surface area contributed by atoms with Crippen LogP contribution in [0.4, 0.5) is 0 Å². The number of thioether (sulfide) groups is 1. The number of carbonyl (C=O) groups excluding carboxylic acids is 1. The van der Waals surface area contributed by atoms with E-state index in [2.05, 4.69) is 10.3 Å². The number of carbonyl (C=O) groups is 1. The fourth-order valence-electron chi connectivity index (χ4n) is 1.32. The molecule has 0 aliphatic carbocycles. The molecule has 15 heavy (non-hydrogen) atoms. The fraction of sp³-hybridized carbons (Fsp3) is 0.400. The summed E-state index contributed by atoms with van der Waals surface area (Å²) in [6.07, 6.45) is 2.35. The molecule has 1 aromatic rings. The van der Waals surface area contributed by atoms with E-state index in [4.69, 9.17) is 13.0 Å². The van der Waals surface area contributed by atoms with Crippen molar-refractivity contribution in [1.29, 1.82) is 0 Å². The third-order valence-electron chi connectivity index (χ3n) is 2.14. The van der Waals surface area contributed by atoms with Crippen LogP contribution in [0.1, 0.15) is 13.4 Å². The zero-order valence-corrected chi connectivity index (χ0v) is 9.52. The first-order chi connectivity index (χ1) is 7.66. The summed E-state index contributed by atoms with van der Waals surface area (Å²) in [5.41, 5.74) is 0.717. The molecule has 1 saturated heterocycles. The van der Waals surface area contributed by atoms with Crippen LogP contribution < -0.4 is 5.32 Å². The first kappa shape index (κ1) is 9.63. The number of hydrogen-bond acceptors (Lipinski definition) is 4. The summed E-state index contributed by atoms with van der Waals surface area (Å²) in [5.74, 6) is 0.835. The average Bonchev–Trinajstić information content (AvgIpc) is 2.65. The van der Waals surface area contributed by atoms with Crippen LogP contribution in [0, 0.1) is 0 Å². The third-order valence-corrected chi connectivity index (χ3v) is 3.37. The van der Waals surface area contributed by atoms with Gasteiger partial charge in [-0.05, 0) is 18.1 Å². The smallest absolute Gasteiger partial charge is 0.205 e. The second kappa shape index (κ2) is 4.96. The molecule has 0 saturated carbocycles. The lowest BCUT2D eigenvalue weighted by atomic mass is 10.2.